The predicted molar refractivity (Wildman–Crippen MR) is 55.7 cm³/mol. The zero-order valence-electron chi connectivity index (χ0n) is 7.76. The molecule has 0 aliphatic heterocycles. The van der Waals surface area contributed by atoms with E-state index in [1.807, 2.05) is 36.4 Å². The quantitative estimate of drug-likeness (QED) is 0.758. The first-order valence-corrected chi connectivity index (χ1v) is 4.40. The fourth-order valence-corrected chi connectivity index (χ4v) is 1.02. The second-order valence-electron chi connectivity index (χ2n) is 2.99. The molecule has 1 atom stereocenters. The van der Waals surface area contributed by atoms with Crippen LogP contribution in [0.2, 0.25) is 0 Å². The van der Waals surface area contributed by atoms with Crippen LogP contribution in [0.4, 0.5) is 0 Å². The molecule has 0 unspecified atom stereocenters. The van der Waals surface area contributed by atoms with Gasteiger partial charge in [-0.05, 0) is 12.0 Å². The molecule has 0 spiro atoms. The van der Waals surface area contributed by atoms with Crippen molar-refractivity contribution < 1.29 is 9.90 Å². The van der Waals surface area contributed by atoms with E-state index in [2.05, 4.69) is 0 Å². The van der Waals surface area contributed by atoms with E-state index >= 15 is 0 Å². The van der Waals surface area contributed by atoms with Crippen LogP contribution >= 0.6 is 0 Å². The van der Waals surface area contributed by atoms with Gasteiger partial charge in [-0.25, -0.2) is 0 Å². The van der Waals surface area contributed by atoms with Crippen molar-refractivity contribution in [2.24, 2.45) is 5.73 Å². The minimum absolute atomic E-state index is 0.351. The van der Waals surface area contributed by atoms with E-state index in [-0.39, 0.29) is 0 Å². The zero-order chi connectivity index (χ0) is 10.4. The summed E-state index contributed by atoms with van der Waals surface area (Å²) in [5, 5.41) is 8.52. The van der Waals surface area contributed by atoms with Gasteiger partial charge in [0.2, 0.25) is 0 Å². The predicted octanol–water partition coefficient (Wildman–Crippen LogP) is 1.50. The highest BCUT2D eigenvalue weighted by atomic mass is 16.4. The zero-order valence-corrected chi connectivity index (χ0v) is 7.76. The molecule has 0 saturated heterocycles. The van der Waals surface area contributed by atoms with E-state index in [1.165, 1.54) is 0 Å². The molecular formula is C11H13NO2. The first-order chi connectivity index (χ1) is 6.70. The summed E-state index contributed by atoms with van der Waals surface area (Å²) >= 11 is 0. The first-order valence-electron chi connectivity index (χ1n) is 4.40. The molecule has 0 amide bonds. The van der Waals surface area contributed by atoms with E-state index in [9.17, 15) is 4.79 Å². The Morgan fingerprint density at radius 2 is 2.07 bits per heavy atom. The van der Waals surface area contributed by atoms with Gasteiger partial charge in [0.15, 0.2) is 0 Å². The first kappa shape index (κ1) is 10.5. The summed E-state index contributed by atoms with van der Waals surface area (Å²) in [7, 11) is 0. The Bertz CT molecular complexity index is 319. The van der Waals surface area contributed by atoms with E-state index < -0.39 is 12.0 Å². The molecule has 14 heavy (non-hydrogen) atoms. The molecule has 0 heterocycles. The second-order valence-corrected chi connectivity index (χ2v) is 2.99. The largest absolute Gasteiger partial charge is 0.480 e. The molecular weight excluding hydrogens is 178 g/mol. The molecule has 3 N–H and O–H groups in total. The average molecular weight is 191 g/mol. The number of hydrogen-bond acceptors (Lipinski definition) is 2. The molecule has 3 nitrogen and oxygen atoms in total. The molecule has 0 fully saturated rings. The van der Waals surface area contributed by atoms with Gasteiger partial charge in [0.1, 0.15) is 6.04 Å². The Kier molecular flexibility index (Phi) is 3.88. The van der Waals surface area contributed by atoms with Crippen molar-refractivity contribution >= 4 is 12.0 Å². The average Bonchev–Trinajstić information content (AvgIpc) is 2.19. The van der Waals surface area contributed by atoms with Crippen molar-refractivity contribution in [2.45, 2.75) is 12.5 Å². The van der Waals surface area contributed by atoms with E-state index in [4.69, 9.17) is 10.8 Å². The van der Waals surface area contributed by atoms with Crippen LogP contribution in [0.1, 0.15) is 12.0 Å². The Balaban J connectivity index is 2.46. The smallest absolute Gasteiger partial charge is 0.320 e. The minimum Gasteiger partial charge on any atom is -0.480 e. The third-order valence-electron chi connectivity index (χ3n) is 1.82. The maximum absolute atomic E-state index is 10.4. The van der Waals surface area contributed by atoms with Gasteiger partial charge in [0.25, 0.3) is 0 Å². The van der Waals surface area contributed by atoms with Crippen LogP contribution in [-0.2, 0) is 4.79 Å². The van der Waals surface area contributed by atoms with Crippen LogP contribution in [0.25, 0.3) is 6.08 Å². The van der Waals surface area contributed by atoms with Crippen molar-refractivity contribution in [1.29, 1.82) is 0 Å². The molecule has 1 rings (SSSR count). The minimum atomic E-state index is -0.970. The molecule has 0 radical (unpaired) electrons. The van der Waals surface area contributed by atoms with Gasteiger partial charge in [-0.1, -0.05) is 42.5 Å². The second kappa shape index (κ2) is 5.19. The Hall–Kier alpha value is -1.61. The van der Waals surface area contributed by atoms with Crippen LogP contribution in [0.3, 0.4) is 0 Å². The molecule has 74 valence electrons. The molecule has 0 bridgehead atoms. The normalized spacial score (nSPS) is 12.9. The number of nitrogens with two attached hydrogens (primary N) is 1. The van der Waals surface area contributed by atoms with E-state index in [1.54, 1.807) is 6.08 Å². The topological polar surface area (TPSA) is 63.3 Å². The highest BCUT2D eigenvalue weighted by Gasteiger charge is 2.07. The molecule has 1 aromatic rings. The third-order valence-corrected chi connectivity index (χ3v) is 1.82. The Morgan fingerprint density at radius 1 is 1.43 bits per heavy atom. The summed E-state index contributed by atoms with van der Waals surface area (Å²) in [4.78, 5) is 10.4. The fourth-order valence-electron chi connectivity index (χ4n) is 1.02. The van der Waals surface area contributed by atoms with Gasteiger partial charge < -0.3 is 10.8 Å². The summed E-state index contributed by atoms with van der Waals surface area (Å²) in [5.41, 5.74) is 6.38. The Morgan fingerprint density at radius 3 is 2.64 bits per heavy atom. The van der Waals surface area contributed by atoms with Crippen molar-refractivity contribution in [1.82, 2.24) is 0 Å². The van der Waals surface area contributed by atoms with Crippen LogP contribution in [0, 0.1) is 0 Å². The number of aliphatic carboxylic acids is 1. The molecule has 1 aromatic carbocycles. The monoisotopic (exact) mass is 191 g/mol. The lowest BCUT2D eigenvalue weighted by atomic mass is 10.1. The van der Waals surface area contributed by atoms with Crippen molar-refractivity contribution in [3.63, 3.8) is 0 Å². The molecule has 3 heteroatoms. The lowest BCUT2D eigenvalue weighted by molar-refractivity contribution is -0.138. The maximum Gasteiger partial charge on any atom is 0.320 e. The Labute approximate surface area is 82.9 Å². The molecule has 0 aliphatic rings. The van der Waals surface area contributed by atoms with Gasteiger partial charge in [0.05, 0.1) is 0 Å². The highest BCUT2D eigenvalue weighted by molar-refractivity contribution is 5.73. The van der Waals surface area contributed by atoms with Gasteiger partial charge in [0, 0.05) is 0 Å². The number of carbonyl (C=O) groups is 1. The van der Waals surface area contributed by atoms with Crippen molar-refractivity contribution in [3.05, 3.63) is 42.0 Å². The summed E-state index contributed by atoms with van der Waals surface area (Å²) in [5.74, 6) is -0.970. The van der Waals surface area contributed by atoms with E-state index in [0.717, 1.165) is 5.56 Å². The van der Waals surface area contributed by atoms with Crippen LogP contribution < -0.4 is 5.73 Å². The van der Waals surface area contributed by atoms with E-state index in [0.29, 0.717) is 6.42 Å². The number of hydrogen-bond donors (Lipinski definition) is 2. The maximum atomic E-state index is 10.4. The number of benzene rings is 1. The standard InChI is InChI=1S/C11H13NO2/c12-10(11(13)14)8-4-7-9-5-2-1-3-6-9/h1-7,10H,8,12H2,(H,13,14)/t10-/m1/s1. The number of rotatable bonds is 4. The lowest BCUT2D eigenvalue weighted by Gasteiger charge is -2.00. The van der Waals surface area contributed by atoms with Gasteiger partial charge in [-0.2, -0.15) is 0 Å². The molecule has 0 aromatic heterocycles. The third kappa shape index (κ3) is 3.41. The van der Waals surface area contributed by atoms with Crippen molar-refractivity contribution in [2.75, 3.05) is 0 Å². The van der Waals surface area contributed by atoms with Gasteiger partial charge in [-0.3, -0.25) is 4.79 Å². The van der Waals surface area contributed by atoms with Crippen LogP contribution in [0.15, 0.2) is 36.4 Å². The highest BCUT2D eigenvalue weighted by Crippen LogP contribution is 2.02. The lowest BCUT2D eigenvalue weighted by Crippen LogP contribution is -2.29. The SMILES string of the molecule is N[C@H](CC=Cc1ccccc1)C(=O)O. The fraction of sp³-hybridized carbons (Fsp3) is 0.182. The molecule has 0 saturated carbocycles. The number of carboxylic acids is 1. The van der Waals surface area contributed by atoms with Crippen LogP contribution in [-0.4, -0.2) is 17.1 Å². The van der Waals surface area contributed by atoms with Crippen molar-refractivity contribution in [3.8, 4) is 0 Å². The molecule has 0 aliphatic carbocycles. The summed E-state index contributed by atoms with van der Waals surface area (Å²) in [6.07, 6.45) is 3.99. The van der Waals surface area contributed by atoms with Crippen LogP contribution in [0.5, 0.6) is 0 Å². The number of carboxylic acid groups (broad SMARTS) is 1. The van der Waals surface area contributed by atoms with Gasteiger partial charge in [-0.15, -0.1) is 0 Å². The van der Waals surface area contributed by atoms with Gasteiger partial charge >= 0.3 is 5.97 Å². The summed E-state index contributed by atoms with van der Waals surface area (Å²) in [6.45, 7) is 0. The summed E-state index contributed by atoms with van der Waals surface area (Å²) < 4.78 is 0. The summed E-state index contributed by atoms with van der Waals surface area (Å²) in [6, 6.07) is 8.87.